The summed E-state index contributed by atoms with van der Waals surface area (Å²) in [4.78, 5) is 25.6. The van der Waals surface area contributed by atoms with E-state index in [1.165, 1.54) is 128 Å². The van der Waals surface area contributed by atoms with E-state index in [-0.39, 0.29) is 12.5 Å². The SMILES string of the molecule is CC/C=C\C/C=C\C/C=C\C/C=C\C/C=C\C/C=C\C/C=C\C/C=C\C/C=C\C/C=C\CCCCCCC(=O)NC(COP(=O)([O-])OCC[N+](C)(C)C)C(O)/C=C/CC/C=C/CCCCCCCCCCCCCCCCCCCCCC. The minimum atomic E-state index is -4.63. The molecule has 83 heavy (non-hydrogen) atoms. The number of aliphatic hydroxyl groups is 1. The molecular weight excluding hydrogens is 1040 g/mol. The number of carbonyl (C=O) groups excluding carboxylic acids is 1. The Morgan fingerprint density at radius 3 is 1.12 bits per heavy atom. The van der Waals surface area contributed by atoms with Gasteiger partial charge in [-0.05, 0) is 109 Å². The van der Waals surface area contributed by atoms with Crippen LogP contribution in [0, 0.1) is 0 Å². The number of quaternary nitrogens is 1. The Labute approximate surface area is 512 Å². The maximum absolute atomic E-state index is 13.0. The third-order valence-electron chi connectivity index (χ3n) is 14.3. The number of allylic oxidation sites excluding steroid dienone is 23. The number of nitrogens with zero attached hydrogens (tertiary/aromatic N) is 1. The highest BCUT2D eigenvalue weighted by Crippen LogP contribution is 2.38. The van der Waals surface area contributed by atoms with Crippen LogP contribution in [-0.2, 0) is 18.4 Å². The van der Waals surface area contributed by atoms with Crippen molar-refractivity contribution in [2.24, 2.45) is 0 Å². The first-order valence-electron chi connectivity index (χ1n) is 33.7. The highest BCUT2D eigenvalue weighted by Gasteiger charge is 2.23. The van der Waals surface area contributed by atoms with Gasteiger partial charge in [0.15, 0.2) is 0 Å². The lowest BCUT2D eigenvalue weighted by Crippen LogP contribution is -2.45. The molecule has 8 nitrogen and oxygen atoms in total. The summed E-state index contributed by atoms with van der Waals surface area (Å²) in [5.74, 6) is -0.236. The van der Waals surface area contributed by atoms with Crippen LogP contribution in [-0.4, -0.2) is 68.5 Å². The number of carbonyl (C=O) groups is 1. The molecule has 0 heterocycles. The highest BCUT2D eigenvalue weighted by atomic mass is 31.2. The second-order valence-electron chi connectivity index (χ2n) is 23.4. The number of amides is 1. The monoisotopic (exact) mass is 1170 g/mol. The van der Waals surface area contributed by atoms with Crippen LogP contribution in [0.2, 0.25) is 0 Å². The summed E-state index contributed by atoms with van der Waals surface area (Å²) in [6, 6.07) is -0.930. The Kier molecular flexibility index (Phi) is 60.2. The number of hydrogen-bond acceptors (Lipinski definition) is 6. The Balaban J connectivity index is 4.27. The van der Waals surface area contributed by atoms with Crippen molar-refractivity contribution in [1.29, 1.82) is 0 Å². The van der Waals surface area contributed by atoms with Crippen molar-refractivity contribution in [2.75, 3.05) is 40.9 Å². The standard InChI is InChI=1S/C74H127N2O6P/c1-6-8-10-12-14-16-18-20-22-24-26-28-30-32-34-35-36-37-38-39-40-41-42-44-46-48-50-52-54-56-58-60-62-64-66-68-74(78)75-72(71-82-83(79,80)81-70-69-76(3,4)5)73(77)67-65-63-61-59-57-55-53-51-49-47-45-43-33-31-29-27-25-23-21-19-17-15-13-11-9-7-2/h8,10,14,16,20,22,26,28,32,34,36-37,39-40,42,44,48,50,54,56-57,59,65,67,72-73,77H,6-7,9,11-13,15,17-19,21,23-25,27,29-31,33,35,38,41,43,45-47,49,51-53,55,58,60-64,66,68-71H2,1-5H3,(H-,75,78,79,80)/b10-8-,16-14-,22-20-,28-26-,34-32-,37-36-,40-39-,44-42-,50-48-,56-54-,59-57+,67-65+. The van der Waals surface area contributed by atoms with Gasteiger partial charge in [0, 0.05) is 6.42 Å². The molecule has 0 rings (SSSR count). The van der Waals surface area contributed by atoms with Crippen molar-refractivity contribution in [3.8, 4) is 0 Å². The van der Waals surface area contributed by atoms with Gasteiger partial charge in [-0.2, -0.15) is 0 Å². The number of phosphoric ester groups is 1. The summed E-state index contributed by atoms with van der Waals surface area (Å²) in [5, 5.41) is 13.9. The van der Waals surface area contributed by atoms with Crippen LogP contribution in [0.25, 0.3) is 0 Å². The second-order valence-corrected chi connectivity index (χ2v) is 24.8. The smallest absolute Gasteiger partial charge is 0.268 e. The van der Waals surface area contributed by atoms with Gasteiger partial charge >= 0.3 is 0 Å². The fourth-order valence-electron chi connectivity index (χ4n) is 9.08. The Morgan fingerprint density at radius 2 is 0.747 bits per heavy atom. The fourth-order valence-corrected chi connectivity index (χ4v) is 9.80. The third kappa shape index (κ3) is 65.8. The summed E-state index contributed by atoms with van der Waals surface area (Å²) >= 11 is 0. The zero-order valence-electron chi connectivity index (χ0n) is 54.1. The number of rotatable bonds is 60. The van der Waals surface area contributed by atoms with E-state index in [2.05, 4.69) is 153 Å². The molecule has 1 amide bonds. The maximum atomic E-state index is 13.0. The number of likely N-dealkylation sites (N-methyl/N-ethyl adjacent to an activating group) is 1. The number of aliphatic hydroxyl groups excluding tert-OH is 1. The molecule has 0 aliphatic carbocycles. The van der Waals surface area contributed by atoms with Crippen molar-refractivity contribution >= 4 is 13.7 Å². The van der Waals surface area contributed by atoms with E-state index < -0.39 is 26.6 Å². The number of unbranched alkanes of at least 4 members (excludes halogenated alkanes) is 25. The predicted octanol–water partition coefficient (Wildman–Crippen LogP) is 21.0. The lowest BCUT2D eigenvalue weighted by molar-refractivity contribution is -0.870. The van der Waals surface area contributed by atoms with Crippen molar-refractivity contribution in [1.82, 2.24) is 5.32 Å². The molecule has 0 bridgehead atoms. The molecule has 0 aromatic heterocycles. The fraction of sp³-hybridized carbons (Fsp3) is 0.662. The van der Waals surface area contributed by atoms with E-state index in [4.69, 9.17) is 9.05 Å². The van der Waals surface area contributed by atoms with Gasteiger partial charge in [-0.1, -0.05) is 295 Å². The van der Waals surface area contributed by atoms with Crippen LogP contribution in [0.15, 0.2) is 146 Å². The number of hydrogen-bond donors (Lipinski definition) is 2. The van der Waals surface area contributed by atoms with Gasteiger partial charge in [-0.25, -0.2) is 0 Å². The number of phosphoric acid groups is 1. The van der Waals surface area contributed by atoms with Crippen LogP contribution >= 0.6 is 7.82 Å². The molecule has 0 aliphatic heterocycles. The molecule has 0 aromatic carbocycles. The van der Waals surface area contributed by atoms with Crippen LogP contribution < -0.4 is 10.2 Å². The first-order chi connectivity index (χ1) is 40.5. The van der Waals surface area contributed by atoms with E-state index in [1.54, 1.807) is 6.08 Å². The van der Waals surface area contributed by atoms with E-state index in [9.17, 15) is 19.4 Å². The lowest BCUT2D eigenvalue weighted by Gasteiger charge is -2.29. The molecule has 0 radical (unpaired) electrons. The van der Waals surface area contributed by atoms with Gasteiger partial charge in [0.2, 0.25) is 5.91 Å². The normalized spacial score (nSPS) is 14.6. The summed E-state index contributed by atoms with van der Waals surface area (Å²) in [5.41, 5.74) is 0. The Morgan fingerprint density at radius 1 is 0.434 bits per heavy atom. The number of nitrogens with one attached hydrogen (secondary N) is 1. The van der Waals surface area contributed by atoms with Gasteiger partial charge < -0.3 is 28.8 Å². The molecular formula is C74H127N2O6P. The summed E-state index contributed by atoms with van der Waals surface area (Å²) in [7, 11) is 1.21. The molecule has 474 valence electrons. The molecule has 0 aliphatic rings. The van der Waals surface area contributed by atoms with Crippen molar-refractivity contribution in [2.45, 2.75) is 276 Å². The predicted molar refractivity (Wildman–Crippen MR) is 361 cm³/mol. The summed E-state index contributed by atoms with van der Waals surface area (Å²) in [6.07, 6.45) is 96.7. The van der Waals surface area contributed by atoms with Gasteiger partial charge in [0.05, 0.1) is 39.9 Å². The van der Waals surface area contributed by atoms with E-state index in [0.29, 0.717) is 23.9 Å². The highest BCUT2D eigenvalue weighted by molar-refractivity contribution is 7.45. The van der Waals surface area contributed by atoms with Crippen molar-refractivity contribution < 1.29 is 32.9 Å². The first-order valence-corrected chi connectivity index (χ1v) is 35.2. The average molecular weight is 1170 g/mol. The molecule has 9 heteroatoms. The van der Waals surface area contributed by atoms with Crippen molar-refractivity contribution in [3.63, 3.8) is 0 Å². The van der Waals surface area contributed by atoms with Gasteiger partial charge in [0.25, 0.3) is 7.82 Å². The third-order valence-corrected chi connectivity index (χ3v) is 15.2. The summed E-state index contributed by atoms with van der Waals surface area (Å²) < 4.78 is 23.4. The van der Waals surface area contributed by atoms with Gasteiger partial charge in [0.1, 0.15) is 13.2 Å². The largest absolute Gasteiger partial charge is 0.756 e. The topological polar surface area (TPSA) is 108 Å². The second kappa shape index (κ2) is 62.9. The van der Waals surface area contributed by atoms with Crippen LogP contribution in [0.1, 0.15) is 264 Å². The lowest BCUT2D eigenvalue weighted by atomic mass is 10.0. The molecule has 3 atom stereocenters. The average Bonchev–Trinajstić information content (AvgIpc) is 3.49. The van der Waals surface area contributed by atoms with Crippen LogP contribution in [0.3, 0.4) is 0 Å². The minimum absolute atomic E-state index is 0.0195. The van der Waals surface area contributed by atoms with Gasteiger partial charge in [-0.3, -0.25) is 9.36 Å². The molecule has 0 aromatic rings. The minimum Gasteiger partial charge on any atom is -0.756 e. The zero-order chi connectivity index (χ0) is 60.5. The Hall–Kier alpha value is -3.62. The first kappa shape index (κ1) is 79.4. The summed E-state index contributed by atoms with van der Waals surface area (Å²) in [6.45, 7) is 4.50. The molecule has 0 fully saturated rings. The molecule has 0 saturated carbocycles. The molecule has 0 spiro atoms. The Bertz CT molecular complexity index is 1860. The zero-order valence-corrected chi connectivity index (χ0v) is 55.0. The maximum Gasteiger partial charge on any atom is 0.268 e. The van der Waals surface area contributed by atoms with E-state index >= 15 is 0 Å². The van der Waals surface area contributed by atoms with Crippen LogP contribution in [0.5, 0.6) is 0 Å². The molecule has 2 N–H and O–H groups in total. The molecule has 0 saturated heterocycles. The van der Waals surface area contributed by atoms with E-state index in [1.807, 2.05) is 27.2 Å². The van der Waals surface area contributed by atoms with E-state index in [0.717, 1.165) is 109 Å². The molecule has 3 unspecified atom stereocenters. The van der Waals surface area contributed by atoms with Crippen molar-refractivity contribution in [3.05, 3.63) is 146 Å². The van der Waals surface area contributed by atoms with Gasteiger partial charge in [-0.15, -0.1) is 0 Å². The van der Waals surface area contributed by atoms with Crippen LogP contribution in [0.4, 0.5) is 0 Å². The quantitative estimate of drug-likeness (QED) is 0.0272.